The summed E-state index contributed by atoms with van der Waals surface area (Å²) in [6.07, 6.45) is 1.13. The van der Waals surface area contributed by atoms with Crippen LogP contribution in [-0.4, -0.2) is 29.4 Å². The Bertz CT molecular complexity index is 1200. The van der Waals surface area contributed by atoms with Crippen LogP contribution in [0, 0.1) is 11.6 Å². The van der Waals surface area contributed by atoms with Gasteiger partial charge >= 0.3 is 0 Å². The Hall–Kier alpha value is -3.39. The minimum Gasteiger partial charge on any atom is -0.275 e. The van der Waals surface area contributed by atoms with E-state index in [1.54, 1.807) is 41.0 Å². The number of hydrogen-bond acceptors (Lipinski definition) is 4. The molecule has 0 spiro atoms. The number of rotatable bonds is 4. The predicted molar refractivity (Wildman–Crippen MR) is 105 cm³/mol. The summed E-state index contributed by atoms with van der Waals surface area (Å²) in [5, 5.41) is 8.48. The average Bonchev–Trinajstić information content (AvgIpc) is 3.13. The van der Waals surface area contributed by atoms with Crippen molar-refractivity contribution in [3.8, 4) is 28.5 Å². The predicted octanol–water partition coefficient (Wildman–Crippen LogP) is 4.28. The molecule has 0 aliphatic carbocycles. The van der Waals surface area contributed by atoms with Crippen molar-refractivity contribution in [2.75, 3.05) is 6.26 Å². The van der Waals surface area contributed by atoms with Crippen molar-refractivity contribution >= 4 is 9.84 Å². The molecule has 0 amide bonds. The van der Waals surface area contributed by atoms with Crippen LogP contribution in [0.3, 0.4) is 0 Å². The Morgan fingerprint density at radius 2 is 1.10 bits per heavy atom. The average molecular weight is 411 g/mol. The van der Waals surface area contributed by atoms with Gasteiger partial charge < -0.3 is 0 Å². The molecule has 0 bridgehead atoms. The molecule has 0 aliphatic heterocycles. The van der Waals surface area contributed by atoms with Crippen LogP contribution >= 0.6 is 0 Å². The zero-order chi connectivity index (χ0) is 20.6. The van der Waals surface area contributed by atoms with Gasteiger partial charge in [0.05, 0.1) is 4.90 Å². The molecule has 1 aromatic heterocycles. The molecular weight excluding hydrogens is 396 g/mol. The minimum atomic E-state index is -3.35. The van der Waals surface area contributed by atoms with Crippen LogP contribution in [0.5, 0.6) is 0 Å². The maximum atomic E-state index is 13.4. The second kappa shape index (κ2) is 7.21. The third kappa shape index (κ3) is 3.79. The van der Waals surface area contributed by atoms with E-state index in [0.29, 0.717) is 28.5 Å². The van der Waals surface area contributed by atoms with Crippen LogP contribution in [0.25, 0.3) is 28.5 Å². The smallest absolute Gasteiger partial charge is 0.175 e. The van der Waals surface area contributed by atoms with E-state index in [0.717, 1.165) is 6.26 Å². The number of sulfone groups is 1. The summed E-state index contributed by atoms with van der Waals surface area (Å²) in [6.45, 7) is 0. The summed E-state index contributed by atoms with van der Waals surface area (Å²) in [6, 6.07) is 17.9. The van der Waals surface area contributed by atoms with Crippen LogP contribution in [0.15, 0.2) is 77.7 Å². The molecule has 4 aromatic rings. The topological polar surface area (TPSA) is 64.8 Å². The Kier molecular flexibility index (Phi) is 4.71. The number of aromatic nitrogens is 3. The van der Waals surface area contributed by atoms with Crippen molar-refractivity contribution in [2.24, 2.45) is 0 Å². The van der Waals surface area contributed by atoms with Gasteiger partial charge in [-0.1, -0.05) is 0 Å². The molecule has 0 atom stereocenters. The monoisotopic (exact) mass is 411 g/mol. The minimum absolute atomic E-state index is 0.181. The highest BCUT2D eigenvalue weighted by Gasteiger charge is 2.18. The number of halogens is 2. The molecule has 0 saturated carbocycles. The van der Waals surface area contributed by atoms with Gasteiger partial charge in [0.2, 0.25) is 0 Å². The van der Waals surface area contributed by atoms with E-state index in [-0.39, 0.29) is 16.5 Å². The largest absolute Gasteiger partial charge is 0.275 e. The van der Waals surface area contributed by atoms with Crippen LogP contribution in [0.1, 0.15) is 0 Å². The van der Waals surface area contributed by atoms with E-state index in [9.17, 15) is 17.2 Å². The maximum Gasteiger partial charge on any atom is 0.175 e. The van der Waals surface area contributed by atoms with Gasteiger partial charge in [-0.15, -0.1) is 10.2 Å². The summed E-state index contributed by atoms with van der Waals surface area (Å²) in [5.74, 6) is 0.125. The first-order chi connectivity index (χ1) is 13.8. The summed E-state index contributed by atoms with van der Waals surface area (Å²) in [4.78, 5) is 0.181. The first kappa shape index (κ1) is 18.9. The van der Waals surface area contributed by atoms with E-state index in [4.69, 9.17) is 0 Å². The number of benzene rings is 3. The van der Waals surface area contributed by atoms with E-state index in [2.05, 4.69) is 10.2 Å². The van der Waals surface area contributed by atoms with Crippen molar-refractivity contribution in [3.05, 3.63) is 84.4 Å². The highest BCUT2D eigenvalue weighted by atomic mass is 32.2. The fourth-order valence-corrected chi connectivity index (χ4v) is 3.57. The summed E-state index contributed by atoms with van der Waals surface area (Å²) >= 11 is 0. The second-order valence-electron chi connectivity index (χ2n) is 6.46. The molecule has 5 nitrogen and oxygen atoms in total. The summed E-state index contributed by atoms with van der Waals surface area (Å²) < 4.78 is 52.0. The van der Waals surface area contributed by atoms with E-state index < -0.39 is 9.84 Å². The Balaban J connectivity index is 1.92. The highest BCUT2D eigenvalue weighted by molar-refractivity contribution is 7.90. The zero-order valence-electron chi connectivity index (χ0n) is 15.3. The maximum absolute atomic E-state index is 13.4. The fourth-order valence-electron chi connectivity index (χ4n) is 2.94. The highest BCUT2D eigenvalue weighted by Crippen LogP contribution is 2.29. The molecule has 3 aromatic carbocycles. The van der Waals surface area contributed by atoms with Gasteiger partial charge in [0.25, 0.3) is 0 Å². The zero-order valence-corrected chi connectivity index (χ0v) is 16.1. The SMILES string of the molecule is CS(=O)(=O)c1ccc(-n2c(-c3ccc(F)cc3)nnc2-c2ccc(F)cc2)cc1. The molecule has 0 radical (unpaired) electrons. The van der Waals surface area contributed by atoms with Gasteiger partial charge in [-0.2, -0.15) is 0 Å². The van der Waals surface area contributed by atoms with Gasteiger partial charge in [0.1, 0.15) is 11.6 Å². The lowest BCUT2D eigenvalue weighted by Crippen LogP contribution is -2.02. The second-order valence-corrected chi connectivity index (χ2v) is 8.48. The van der Waals surface area contributed by atoms with Crippen LogP contribution in [0.4, 0.5) is 8.78 Å². The van der Waals surface area contributed by atoms with Gasteiger partial charge in [-0.25, -0.2) is 17.2 Å². The number of hydrogen-bond donors (Lipinski definition) is 0. The molecule has 0 unspecified atom stereocenters. The lowest BCUT2D eigenvalue weighted by atomic mass is 10.1. The van der Waals surface area contributed by atoms with Gasteiger partial charge in [-0.3, -0.25) is 4.57 Å². The van der Waals surface area contributed by atoms with Crippen LogP contribution in [0.2, 0.25) is 0 Å². The summed E-state index contributed by atoms with van der Waals surface area (Å²) in [7, 11) is -3.35. The Morgan fingerprint density at radius 1 is 0.690 bits per heavy atom. The van der Waals surface area contributed by atoms with Crippen LogP contribution < -0.4 is 0 Å². The molecule has 4 rings (SSSR count). The van der Waals surface area contributed by atoms with Crippen molar-refractivity contribution in [1.29, 1.82) is 0 Å². The molecule has 0 aliphatic rings. The quantitative estimate of drug-likeness (QED) is 0.503. The van der Waals surface area contributed by atoms with E-state index >= 15 is 0 Å². The Morgan fingerprint density at radius 3 is 1.48 bits per heavy atom. The lowest BCUT2D eigenvalue weighted by molar-refractivity contribution is 0.602. The molecule has 1 heterocycles. The van der Waals surface area contributed by atoms with Crippen molar-refractivity contribution in [1.82, 2.24) is 14.8 Å². The molecule has 0 N–H and O–H groups in total. The van der Waals surface area contributed by atoms with Crippen molar-refractivity contribution in [3.63, 3.8) is 0 Å². The third-order valence-electron chi connectivity index (χ3n) is 4.39. The van der Waals surface area contributed by atoms with Gasteiger partial charge in [-0.05, 0) is 72.8 Å². The normalized spacial score (nSPS) is 11.6. The van der Waals surface area contributed by atoms with E-state index in [1.807, 2.05) is 0 Å². The Labute approximate surface area is 166 Å². The molecule has 146 valence electrons. The molecule has 0 saturated heterocycles. The third-order valence-corrected chi connectivity index (χ3v) is 5.52. The van der Waals surface area contributed by atoms with Gasteiger partial charge in [0, 0.05) is 23.1 Å². The van der Waals surface area contributed by atoms with Gasteiger partial charge in [0.15, 0.2) is 21.5 Å². The molecule has 0 fully saturated rings. The molecule has 29 heavy (non-hydrogen) atoms. The summed E-state index contributed by atoms with van der Waals surface area (Å²) in [5.41, 5.74) is 1.86. The number of nitrogens with zero attached hydrogens (tertiary/aromatic N) is 3. The standard InChI is InChI=1S/C21H15F2N3O2S/c1-29(27,28)19-12-10-18(11-13-19)26-20(14-2-6-16(22)7-3-14)24-25-21(26)15-4-8-17(23)9-5-15/h2-13H,1H3. The van der Waals surface area contributed by atoms with E-state index in [1.165, 1.54) is 36.4 Å². The molecule has 8 heteroatoms. The first-order valence-corrected chi connectivity index (χ1v) is 10.5. The lowest BCUT2D eigenvalue weighted by Gasteiger charge is -2.11. The van der Waals surface area contributed by atoms with Crippen molar-refractivity contribution < 1.29 is 17.2 Å². The van der Waals surface area contributed by atoms with Crippen LogP contribution in [-0.2, 0) is 9.84 Å². The fraction of sp³-hybridized carbons (Fsp3) is 0.0476. The first-order valence-electron chi connectivity index (χ1n) is 8.61. The molecular formula is C21H15F2N3O2S. The van der Waals surface area contributed by atoms with Crippen molar-refractivity contribution in [2.45, 2.75) is 4.90 Å².